The number of nitrogens with one attached hydrogen (secondary N) is 2. The van der Waals surface area contributed by atoms with Gasteiger partial charge in [-0.3, -0.25) is 19.7 Å². The van der Waals surface area contributed by atoms with Gasteiger partial charge >= 0.3 is 5.97 Å². The highest BCUT2D eigenvalue weighted by atomic mass is 35.5. The quantitative estimate of drug-likeness (QED) is 0.442. The van der Waals surface area contributed by atoms with Crippen molar-refractivity contribution in [1.82, 2.24) is 0 Å². The van der Waals surface area contributed by atoms with Crippen LogP contribution in [0, 0.1) is 10.1 Å². The second-order valence-electron chi connectivity index (χ2n) is 5.31. The Labute approximate surface area is 158 Å². The first-order valence-corrected chi connectivity index (χ1v) is 7.92. The molecular formula is C17H14ClN3O6. The summed E-state index contributed by atoms with van der Waals surface area (Å²) in [4.78, 5) is 45.0. The Morgan fingerprint density at radius 1 is 1.11 bits per heavy atom. The number of amides is 2. The highest BCUT2D eigenvalue weighted by Gasteiger charge is 2.18. The van der Waals surface area contributed by atoms with E-state index < -0.39 is 29.1 Å². The molecule has 2 N–H and O–H groups in total. The number of carbonyl (C=O) groups is 3. The fourth-order valence-electron chi connectivity index (χ4n) is 2.07. The second kappa shape index (κ2) is 8.77. The predicted octanol–water partition coefficient (Wildman–Crippen LogP) is 3.00. The van der Waals surface area contributed by atoms with Gasteiger partial charge in [0.15, 0.2) is 6.61 Å². The average Bonchev–Trinajstić information content (AvgIpc) is 2.59. The van der Waals surface area contributed by atoms with Crippen molar-refractivity contribution in [2.75, 3.05) is 17.2 Å². The lowest BCUT2D eigenvalue weighted by atomic mass is 10.2. The van der Waals surface area contributed by atoms with Crippen molar-refractivity contribution in [3.05, 3.63) is 63.2 Å². The number of ether oxygens (including phenoxy) is 1. The summed E-state index contributed by atoms with van der Waals surface area (Å²) in [5, 5.41) is 15.8. The van der Waals surface area contributed by atoms with E-state index in [4.69, 9.17) is 16.3 Å². The summed E-state index contributed by atoms with van der Waals surface area (Å²) in [6, 6.07) is 9.82. The Bertz CT molecular complexity index is 915. The summed E-state index contributed by atoms with van der Waals surface area (Å²) in [7, 11) is 0. The number of nitrogens with zero attached hydrogens (tertiary/aromatic N) is 1. The van der Waals surface area contributed by atoms with E-state index in [1.165, 1.54) is 25.1 Å². The molecule has 2 rings (SSSR count). The minimum Gasteiger partial charge on any atom is -0.452 e. The monoisotopic (exact) mass is 391 g/mol. The number of esters is 1. The highest BCUT2D eigenvalue weighted by molar-refractivity contribution is 6.32. The zero-order chi connectivity index (χ0) is 20.0. The van der Waals surface area contributed by atoms with Gasteiger partial charge in [-0.2, -0.15) is 0 Å². The van der Waals surface area contributed by atoms with Crippen molar-refractivity contribution in [1.29, 1.82) is 0 Å². The lowest BCUT2D eigenvalue weighted by molar-refractivity contribution is -0.384. The van der Waals surface area contributed by atoms with E-state index in [2.05, 4.69) is 10.6 Å². The van der Waals surface area contributed by atoms with E-state index in [1.807, 2.05) is 0 Å². The first-order chi connectivity index (χ1) is 12.8. The molecule has 2 aromatic rings. The largest absolute Gasteiger partial charge is 0.452 e. The molecular weight excluding hydrogens is 378 g/mol. The predicted molar refractivity (Wildman–Crippen MR) is 97.8 cm³/mol. The third kappa shape index (κ3) is 5.79. The lowest BCUT2D eigenvalue weighted by Crippen LogP contribution is -2.21. The second-order valence-corrected chi connectivity index (χ2v) is 5.72. The number of benzene rings is 2. The molecule has 9 nitrogen and oxygen atoms in total. The molecule has 0 saturated carbocycles. The van der Waals surface area contributed by atoms with Gasteiger partial charge in [-0.05, 0) is 30.3 Å². The normalized spacial score (nSPS) is 10.0. The summed E-state index contributed by atoms with van der Waals surface area (Å²) >= 11 is 5.67. The molecule has 0 aliphatic heterocycles. The Morgan fingerprint density at radius 2 is 1.78 bits per heavy atom. The van der Waals surface area contributed by atoms with Gasteiger partial charge in [0, 0.05) is 24.4 Å². The Morgan fingerprint density at radius 3 is 2.41 bits per heavy atom. The van der Waals surface area contributed by atoms with Gasteiger partial charge < -0.3 is 15.4 Å². The van der Waals surface area contributed by atoms with Gasteiger partial charge in [0.05, 0.1) is 10.5 Å². The van der Waals surface area contributed by atoms with Crippen LogP contribution < -0.4 is 10.6 Å². The van der Waals surface area contributed by atoms with Crippen molar-refractivity contribution in [2.24, 2.45) is 0 Å². The fraction of sp³-hybridized carbons (Fsp3) is 0.118. The van der Waals surface area contributed by atoms with Crippen molar-refractivity contribution >= 4 is 46.4 Å². The summed E-state index contributed by atoms with van der Waals surface area (Å²) in [6.07, 6.45) is 0. The van der Waals surface area contributed by atoms with E-state index >= 15 is 0 Å². The van der Waals surface area contributed by atoms with Crippen molar-refractivity contribution in [3.8, 4) is 0 Å². The van der Waals surface area contributed by atoms with Crippen LogP contribution in [-0.4, -0.2) is 29.3 Å². The SMILES string of the molecule is CC(=O)Nc1cccc(NC(=O)COC(=O)c2ccc(Cl)c([N+](=O)[O-])c2)c1. The first-order valence-electron chi connectivity index (χ1n) is 7.55. The summed E-state index contributed by atoms with van der Waals surface area (Å²) in [5.41, 5.74) is 0.340. The molecule has 0 heterocycles. The fourth-order valence-corrected chi connectivity index (χ4v) is 2.26. The summed E-state index contributed by atoms with van der Waals surface area (Å²) in [6.45, 7) is 0.755. The van der Waals surface area contributed by atoms with Crippen LogP contribution >= 0.6 is 11.6 Å². The van der Waals surface area contributed by atoms with E-state index in [0.29, 0.717) is 11.4 Å². The molecule has 2 aromatic carbocycles. The zero-order valence-electron chi connectivity index (χ0n) is 14.0. The van der Waals surface area contributed by atoms with Crippen LogP contribution in [0.15, 0.2) is 42.5 Å². The summed E-state index contributed by atoms with van der Waals surface area (Å²) in [5.74, 6) is -1.78. The molecule has 0 aliphatic rings. The zero-order valence-corrected chi connectivity index (χ0v) is 14.8. The molecule has 0 bridgehead atoms. The maximum absolute atomic E-state index is 11.9. The van der Waals surface area contributed by atoms with Crippen LogP contribution in [0.3, 0.4) is 0 Å². The standard InChI is InChI=1S/C17H14ClN3O6/c1-10(22)19-12-3-2-4-13(8-12)20-16(23)9-27-17(24)11-5-6-14(18)15(7-11)21(25)26/h2-8H,9H2,1H3,(H,19,22)(H,20,23). The van der Waals surface area contributed by atoms with Crippen LogP contribution in [0.5, 0.6) is 0 Å². The van der Waals surface area contributed by atoms with Gasteiger partial charge in [0.2, 0.25) is 5.91 Å². The molecule has 140 valence electrons. The number of anilines is 2. The molecule has 0 radical (unpaired) electrons. The number of hydrogen-bond acceptors (Lipinski definition) is 6. The van der Waals surface area contributed by atoms with E-state index in [1.54, 1.807) is 18.2 Å². The molecule has 10 heteroatoms. The average molecular weight is 392 g/mol. The maximum atomic E-state index is 11.9. The van der Waals surface area contributed by atoms with E-state index in [9.17, 15) is 24.5 Å². The van der Waals surface area contributed by atoms with Gasteiger partial charge in [-0.15, -0.1) is 0 Å². The van der Waals surface area contributed by atoms with Crippen LogP contribution in [-0.2, 0) is 14.3 Å². The molecule has 0 atom stereocenters. The molecule has 0 spiro atoms. The Kier molecular flexibility index (Phi) is 6.45. The minimum atomic E-state index is -0.906. The number of carbonyl (C=O) groups excluding carboxylic acids is 3. The van der Waals surface area contributed by atoms with Crippen molar-refractivity contribution < 1.29 is 24.0 Å². The number of hydrogen-bond donors (Lipinski definition) is 2. The van der Waals surface area contributed by atoms with E-state index in [-0.39, 0.29) is 16.5 Å². The molecule has 0 aliphatic carbocycles. The van der Waals surface area contributed by atoms with Gasteiger partial charge in [0.1, 0.15) is 5.02 Å². The number of halogens is 1. The molecule has 2 amide bonds. The number of rotatable bonds is 6. The first kappa shape index (κ1) is 19.9. The molecule has 0 unspecified atom stereocenters. The molecule has 0 fully saturated rings. The third-order valence-electron chi connectivity index (χ3n) is 3.18. The highest BCUT2D eigenvalue weighted by Crippen LogP contribution is 2.25. The van der Waals surface area contributed by atoms with Crippen molar-refractivity contribution in [3.63, 3.8) is 0 Å². The smallest absolute Gasteiger partial charge is 0.338 e. The van der Waals surface area contributed by atoms with Crippen LogP contribution in [0.4, 0.5) is 17.1 Å². The van der Waals surface area contributed by atoms with Crippen LogP contribution in [0.1, 0.15) is 17.3 Å². The Balaban J connectivity index is 1.95. The molecule has 0 saturated heterocycles. The minimum absolute atomic E-state index is 0.105. The van der Waals surface area contributed by atoms with Gasteiger partial charge in [-0.1, -0.05) is 17.7 Å². The third-order valence-corrected chi connectivity index (χ3v) is 3.50. The van der Waals surface area contributed by atoms with Gasteiger partial charge in [0.25, 0.3) is 11.6 Å². The number of nitro benzene ring substituents is 1. The lowest BCUT2D eigenvalue weighted by Gasteiger charge is -2.08. The van der Waals surface area contributed by atoms with Crippen molar-refractivity contribution in [2.45, 2.75) is 6.92 Å². The number of nitro groups is 1. The Hall–Kier alpha value is -3.46. The van der Waals surface area contributed by atoms with Crippen LogP contribution in [0.2, 0.25) is 5.02 Å². The topological polar surface area (TPSA) is 128 Å². The van der Waals surface area contributed by atoms with Gasteiger partial charge in [-0.25, -0.2) is 4.79 Å². The summed E-state index contributed by atoms with van der Waals surface area (Å²) < 4.78 is 4.85. The van der Waals surface area contributed by atoms with E-state index in [0.717, 1.165) is 6.07 Å². The maximum Gasteiger partial charge on any atom is 0.338 e. The molecule has 0 aromatic heterocycles. The van der Waals surface area contributed by atoms with Crippen LogP contribution in [0.25, 0.3) is 0 Å². The molecule has 27 heavy (non-hydrogen) atoms.